The third kappa shape index (κ3) is 9.23. The molecule has 0 bridgehead atoms. The lowest BCUT2D eigenvalue weighted by Gasteiger charge is -2.31. The van der Waals surface area contributed by atoms with E-state index in [0.717, 1.165) is 32.2 Å². The van der Waals surface area contributed by atoms with E-state index in [0.29, 0.717) is 25.9 Å². The lowest BCUT2D eigenvalue weighted by atomic mass is 9.91. The van der Waals surface area contributed by atoms with Crippen LogP contribution in [0.15, 0.2) is 0 Å². The number of nitrogens with one attached hydrogen (secondary N) is 2. The van der Waals surface area contributed by atoms with Crippen LogP contribution in [0.5, 0.6) is 0 Å². The predicted molar refractivity (Wildman–Crippen MR) is 86.1 cm³/mol. The van der Waals surface area contributed by atoms with Crippen molar-refractivity contribution in [3.8, 4) is 0 Å². The third-order valence-electron chi connectivity index (χ3n) is 3.51. The third-order valence-corrected chi connectivity index (χ3v) is 3.51. The molecule has 1 aliphatic carbocycles. The van der Waals surface area contributed by atoms with Gasteiger partial charge in [0.05, 0.1) is 19.8 Å². The Labute approximate surface area is 134 Å². The van der Waals surface area contributed by atoms with Gasteiger partial charge in [-0.3, -0.25) is 0 Å². The summed E-state index contributed by atoms with van der Waals surface area (Å²) in [5.41, 5.74) is -0.448. The van der Waals surface area contributed by atoms with E-state index in [-0.39, 0.29) is 12.1 Å². The number of hydrogen-bond donors (Lipinski definition) is 2. The van der Waals surface area contributed by atoms with E-state index in [1.165, 1.54) is 0 Å². The Kier molecular flexibility index (Phi) is 8.75. The predicted octanol–water partition coefficient (Wildman–Crippen LogP) is 2.07. The summed E-state index contributed by atoms with van der Waals surface area (Å²) in [7, 11) is 1.67. The van der Waals surface area contributed by atoms with Crippen molar-refractivity contribution < 1.29 is 19.0 Å². The van der Waals surface area contributed by atoms with Gasteiger partial charge >= 0.3 is 6.09 Å². The molecule has 2 atom stereocenters. The summed E-state index contributed by atoms with van der Waals surface area (Å²) in [5.74, 6) is 0. The summed E-state index contributed by atoms with van der Waals surface area (Å²) < 4.78 is 15.7. The van der Waals surface area contributed by atoms with Crippen LogP contribution in [0.1, 0.15) is 46.5 Å². The second kappa shape index (κ2) is 10.0. The highest BCUT2D eigenvalue weighted by molar-refractivity contribution is 5.68. The van der Waals surface area contributed by atoms with Gasteiger partial charge in [-0.25, -0.2) is 4.79 Å². The van der Waals surface area contributed by atoms with Gasteiger partial charge in [0, 0.05) is 25.7 Å². The fourth-order valence-corrected chi connectivity index (χ4v) is 2.56. The van der Waals surface area contributed by atoms with Crippen molar-refractivity contribution in [2.45, 2.75) is 64.1 Å². The molecule has 1 fully saturated rings. The van der Waals surface area contributed by atoms with Crippen LogP contribution in [0.3, 0.4) is 0 Å². The molecule has 2 N–H and O–H groups in total. The summed E-state index contributed by atoms with van der Waals surface area (Å²) in [6.07, 6.45) is 3.90. The van der Waals surface area contributed by atoms with E-state index in [2.05, 4.69) is 10.6 Å². The van der Waals surface area contributed by atoms with Crippen molar-refractivity contribution in [1.29, 1.82) is 0 Å². The first kappa shape index (κ1) is 19.2. The van der Waals surface area contributed by atoms with E-state index in [4.69, 9.17) is 14.2 Å². The van der Waals surface area contributed by atoms with Crippen LogP contribution in [0, 0.1) is 0 Å². The molecule has 22 heavy (non-hydrogen) atoms. The van der Waals surface area contributed by atoms with Crippen LogP contribution >= 0.6 is 0 Å². The van der Waals surface area contributed by atoms with Crippen LogP contribution in [0.25, 0.3) is 0 Å². The van der Waals surface area contributed by atoms with Crippen LogP contribution in [-0.4, -0.2) is 57.3 Å². The van der Waals surface area contributed by atoms with Crippen molar-refractivity contribution in [2.24, 2.45) is 0 Å². The van der Waals surface area contributed by atoms with Gasteiger partial charge in [-0.15, -0.1) is 0 Å². The maximum absolute atomic E-state index is 11.8. The van der Waals surface area contributed by atoms with Crippen molar-refractivity contribution in [2.75, 3.05) is 33.5 Å². The highest BCUT2D eigenvalue weighted by Crippen LogP contribution is 2.19. The zero-order valence-corrected chi connectivity index (χ0v) is 14.4. The van der Waals surface area contributed by atoms with E-state index >= 15 is 0 Å². The summed E-state index contributed by atoms with van der Waals surface area (Å²) in [6, 6.07) is 0.621. The minimum atomic E-state index is -0.448. The zero-order valence-electron chi connectivity index (χ0n) is 14.4. The Morgan fingerprint density at radius 2 is 1.86 bits per heavy atom. The highest BCUT2D eigenvalue weighted by Gasteiger charge is 2.25. The highest BCUT2D eigenvalue weighted by atomic mass is 16.6. The van der Waals surface area contributed by atoms with Gasteiger partial charge in [-0.05, 0) is 46.5 Å². The fraction of sp³-hybridized carbons (Fsp3) is 0.938. The molecule has 1 rings (SSSR count). The summed E-state index contributed by atoms with van der Waals surface area (Å²) in [5, 5.41) is 6.47. The van der Waals surface area contributed by atoms with Gasteiger partial charge in [0.25, 0.3) is 0 Å². The topological polar surface area (TPSA) is 68.8 Å². The molecular formula is C16H32N2O4. The Hall–Kier alpha value is -0.850. The largest absolute Gasteiger partial charge is 0.444 e. The smallest absolute Gasteiger partial charge is 0.407 e. The van der Waals surface area contributed by atoms with Gasteiger partial charge in [0.1, 0.15) is 5.60 Å². The van der Waals surface area contributed by atoms with Crippen molar-refractivity contribution in [3.63, 3.8) is 0 Å². The summed E-state index contributed by atoms with van der Waals surface area (Å²) in [6.45, 7) is 8.40. The molecule has 6 heteroatoms. The second-order valence-electron chi connectivity index (χ2n) is 6.77. The van der Waals surface area contributed by atoms with E-state index in [9.17, 15) is 4.79 Å². The molecular weight excluding hydrogens is 284 g/mol. The minimum absolute atomic E-state index is 0.190. The number of carbonyl (C=O) groups excluding carboxylic acids is 1. The first-order valence-corrected chi connectivity index (χ1v) is 8.20. The van der Waals surface area contributed by atoms with Crippen LogP contribution in [0.4, 0.5) is 4.79 Å². The van der Waals surface area contributed by atoms with Gasteiger partial charge < -0.3 is 24.8 Å². The molecule has 1 saturated carbocycles. The molecule has 0 aromatic rings. The van der Waals surface area contributed by atoms with Crippen LogP contribution in [-0.2, 0) is 14.2 Å². The van der Waals surface area contributed by atoms with Gasteiger partial charge in [0.2, 0.25) is 0 Å². The maximum Gasteiger partial charge on any atom is 0.407 e. The average molecular weight is 316 g/mol. The Bertz CT molecular complexity index is 318. The quantitative estimate of drug-likeness (QED) is 0.671. The lowest BCUT2D eigenvalue weighted by molar-refractivity contribution is 0.0485. The molecule has 0 aliphatic heterocycles. The normalized spacial score (nSPS) is 22.4. The molecule has 1 amide bonds. The fourth-order valence-electron chi connectivity index (χ4n) is 2.56. The molecule has 6 nitrogen and oxygen atoms in total. The van der Waals surface area contributed by atoms with Crippen LogP contribution in [0.2, 0.25) is 0 Å². The molecule has 0 heterocycles. The number of hydrogen-bond acceptors (Lipinski definition) is 5. The molecule has 0 aromatic heterocycles. The lowest BCUT2D eigenvalue weighted by Crippen LogP contribution is -2.46. The number of rotatable bonds is 8. The number of methoxy groups -OCH3 is 1. The van der Waals surface area contributed by atoms with E-state index in [1.54, 1.807) is 7.11 Å². The molecule has 0 spiro atoms. The Morgan fingerprint density at radius 1 is 1.14 bits per heavy atom. The van der Waals surface area contributed by atoms with Crippen LogP contribution < -0.4 is 10.6 Å². The number of carbonyl (C=O) groups is 1. The zero-order chi connectivity index (χ0) is 16.4. The molecule has 2 unspecified atom stereocenters. The molecule has 0 saturated heterocycles. The first-order chi connectivity index (χ1) is 10.4. The van der Waals surface area contributed by atoms with Crippen molar-refractivity contribution in [3.05, 3.63) is 0 Å². The van der Waals surface area contributed by atoms with Gasteiger partial charge in [-0.2, -0.15) is 0 Å². The average Bonchev–Trinajstić information content (AvgIpc) is 2.41. The molecule has 130 valence electrons. The molecule has 1 aliphatic rings. The standard InChI is InChI=1S/C16H32N2O4/c1-16(2,3)22-15(19)18-14-7-5-6-13(12-14)17-8-9-21-11-10-20-4/h13-14,17H,5-12H2,1-4H3,(H,18,19). The number of ether oxygens (including phenoxy) is 3. The van der Waals surface area contributed by atoms with Gasteiger partial charge in [0.15, 0.2) is 0 Å². The maximum atomic E-state index is 11.8. The summed E-state index contributed by atoms with van der Waals surface area (Å²) >= 11 is 0. The molecule has 0 aromatic carbocycles. The van der Waals surface area contributed by atoms with E-state index < -0.39 is 5.60 Å². The van der Waals surface area contributed by atoms with Crippen molar-refractivity contribution in [1.82, 2.24) is 10.6 Å². The monoisotopic (exact) mass is 316 g/mol. The SMILES string of the molecule is COCCOCCNC1CCCC(NC(=O)OC(C)(C)C)C1. The summed E-state index contributed by atoms with van der Waals surface area (Å²) in [4.78, 5) is 11.8. The second-order valence-corrected chi connectivity index (χ2v) is 6.77. The minimum Gasteiger partial charge on any atom is -0.444 e. The van der Waals surface area contributed by atoms with Crippen molar-refractivity contribution >= 4 is 6.09 Å². The Balaban J connectivity index is 2.17. The van der Waals surface area contributed by atoms with Gasteiger partial charge in [-0.1, -0.05) is 0 Å². The number of amides is 1. The Morgan fingerprint density at radius 3 is 2.55 bits per heavy atom. The van der Waals surface area contributed by atoms with E-state index in [1.807, 2.05) is 20.8 Å². The first-order valence-electron chi connectivity index (χ1n) is 8.20. The number of alkyl carbamates (subject to hydrolysis) is 1. The molecule has 0 radical (unpaired) electrons.